The lowest BCUT2D eigenvalue weighted by atomic mass is 9.85. The number of primary amides is 1. The third-order valence-electron chi connectivity index (χ3n) is 5.60. The lowest BCUT2D eigenvalue weighted by Crippen LogP contribution is -2.42. The number of carbonyl (C=O) groups excluding carboxylic acids is 1. The van der Waals surface area contributed by atoms with Crippen molar-refractivity contribution in [3.63, 3.8) is 0 Å². The number of aryl methyl sites for hydroxylation is 1. The molecule has 0 radical (unpaired) electrons. The van der Waals surface area contributed by atoms with Gasteiger partial charge in [0.25, 0.3) is 11.8 Å². The normalized spacial score (nSPS) is 13.2. The van der Waals surface area contributed by atoms with Gasteiger partial charge in [-0.25, -0.2) is 4.39 Å². The maximum Gasteiger partial charge on any atom is 0.274 e. The standard InChI is InChI=1S/C25H19FN4O3/c1-15-28-23(33-29-15)22-14-16-13-19(26)9-12-21(16)30(22)20-10-7-18(8-11-20)25(32,24(27)31)17-5-3-2-4-6-17/h2-14,32H,1H3,(H2,27,31). The Morgan fingerprint density at radius 2 is 1.73 bits per heavy atom. The van der Waals surface area contributed by atoms with Crippen LogP contribution in [0.5, 0.6) is 0 Å². The van der Waals surface area contributed by atoms with Crippen LogP contribution in [0.25, 0.3) is 28.2 Å². The van der Waals surface area contributed by atoms with Crippen LogP contribution < -0.4 is 5.73 Å². The Hall–Kier alpha value is -4.30. The number of aromatic nitrogens is 3. The molecule has 0 saturated heterocycles. The second-order valence-corrected chi connectivity index (χ2v) is 7.70. The SMILES string of the molecule is Cc1noc(-c2cc3cc(F)ccc3n2-c2ccc(C(O)(C(N)=O)c3ccccc3)cc2)n1. The van der Waals surface area contributed by atoms with Crippen LogP contribution in [0.1, 0.15) is 17.0 Å². The number of amides is 1. The molecule has 1 amide bonds. The number of aliphatic hydroxyl groups is 1. The van der Waals surface area contributed by atoms with E-state index in [1.54, 1.807) is 73.7 Å². The second-order valence-electron chi connectivity index (χ2n) is 7.70. The molecule has 33 heavy (non-hydrogen) atoms. The van der Waals surface area contributed by atoms with Gasteiger partial charge in [-0.3, -0.25) is 4.79 Å². The second kappa shape index (κ2) is 7.68. The molecule has 1 unspecified atom stereocenters. The van der Waals surface area contributed by atoms with Crippen LogP contribution in [-0.4, -0.2) is 25.7 Å². The Bertz CT molecular complexity index is 1480. The van der Waals surface area contributed by atoms with Crippen molar-refractivity contribution in [2.75, 3.05) is 0 Å². The van der Waals surface area contributed by atoms with Gasteiger partial charge in [-0.15, -0.1) is 0 Å². The molecule has 5 aromatic rings. The molecule has 0 aliphatic heterocycles. The summed E-state index contributed by atoms with van der Waals surface area (Å²) in [6.45, 7) is 1.71. The Morgan fingerprint density at radius 3 is 2.36 bits per heavy atom. The maximum absolute atomic E-state index is 13.9. The molecule has 164 valence electrons. The molecule has 0 aliphatic rings. The maximum atomic E-state index is 13.9. The molecule has 8 heteroatoms. The molecule has 0 fully saturated rings. The third kappa shape index (κ3) is 3.37. The average Bonchev–Trinajstić information content (AvgIpc) is 3.42. The van der Waals surface area contributed by atoms with Crippen molar-refractivity contribution >= 4 is 16.8 Å². The van der Waals surface area contributed by atoms with Crippen molar-refractivity contribution in [3.05, 3.63) is 102 Å². The van der Waals surface area contributed by atoms with Crippen molar-refractivity contribution in [2.24, 2.45) is 5.73 Å². The first-order chi connectivity index (χ1) is 15.9. The minimum atomic E-state index is -1.99. The lowest BCUT2D eigenvalue weighted by molar-refractivity contribution is -0.133. The molecule has 2 aromatic heterocycles. The number of nitrogens with zero attached hydrogens (tertiary/aromatic N) is 3. The van der Waals surface area contributed by atoms with Crippen LogP contribution in [0.4, 0.5) is 4.39 Å². The minimum Gasteiger partial charge on any atom is -0.372 e. The van der Waals surface area contributed by atoms with Gasteiger partial charge in [0.1, 0.15) is 11.5 Å². The summed E-state index contributed by atoms with van der Waals surface area (Å²) < 4.78 is 21.1. The molecule has 0 spiro atoms. The van der Waals surface area contributed by atoms with Crippen molar-refractivity contribution in [3.8, 4) is 17.3 Å². The predicted octanol–water partition coefficient (Wildman–Crippen LogP) is 3.85. The number of benzene rings is 3. The van der Waals surface area contributed by atoms with Gasteiger partial charge in [-0.05, 0) is 54.4 Å². The minimum absolute atomic E-state index is 0.283. The van der Waals surface area contributed by atoms with Crippen LogP contribution in [-0.2, 0) is 10.4 Å². The van der Waals surface area contributed by atoms with Gasteiger partial charge in [-0.2, -0.15) is 4.98 Å². The Labute approximate surface area is 187 Å². The van der Waals surface area contributed by atoms with Crippen molar-refractivity contribution < 1.29 is 18.8 Å². The zero-order valence-electron chi connectivity index (χ0n) is 17.6. The largest absolute Gasteiger partial charge is 0.372 e. The van der Waals surface area contributed by atoms with Gasteiger partial charge in [0, 0.05) is 11.1 Å². The van der Waals surface area contributed by atoms with E-state index in [-0.39, 0.29) is 11.7 Å². The Morgan fingerprint density at radius 1 is 1.03 bits per heavy atom. The van der Waals surface area contributed by atoms with Crippen LogP contribution in [0.3, 0.4) is 0 Å². The number of carbonyl (C=O) groups is 1. The smallest absolute Gasteiger partial charge is 0.274 e. The highest BCUT2D eigenvalue weighted by Crippen LogP contribution is 2.34. The van der Waals surface area contributed by atoms with Gasteiger partial charge in [0.15, 0.2) is 11.4 Å². The zero-order chi connectivity index (χ0) is 23.2. The fourth-order valence-electron chi connectivity index (χ4n) is 4.01. The van der Waals surface area contributed by atoms with Gasteiger partial charge in [0.05, 0.1) is 5.52 Å². The first kappa shape index (κ1) is 20.6. The summed E-state index contributed by atoms with van der Waals surface area (Å²) in [5.41, 5.74) is 6.29. The molecule has 0 saturated carbocycles. The quantitative estimate of drug-likeness (QED) is 0.430. The summed E-state index contributed by atoms with van der Waals surface area (Å²) in [6.07, 6.45) is 0. The molecule has 2 heterocycles. The van der Waals surface area contributed by atoms with E-state index in [9.17, 15) is 14.3 Å². The monoisotopic (exact) mass is 442 g/mol. The fraction of sp³-hybridized carbons (Fsp3) is 0.0800. The van der Waals surface area contributed by atoms with E-state index in [0.29, 0.717) is 33.7 Å². The van der Waals surface area contributed by atoms with E-state index < -0.39 is 11.5 Å². The number of rotatable bonds is 5. The number of nitrogens with two attached hydrogens (primary N) is 1. The van der Waals surface area contributed by atoms with E-state index in [4.69, 9.17) is 10.3 Å². The first-order valence-corrected chi connectivity index (χ1v) is 10.2. The molecule has 0 bridgehead atoms. The lowest BCUT2D eigenvalue weighted by Gasteiger charge is -2.26. The summed E-state index contributed by atoms with van der Waals surface area (Å²) >= 11 is 0. The molecule has 0 aliphatic carbocycles. The van der Waals surface area contributed by atoms with Gasteiger partial charge >= 0.3 is 0 Å². The molecular formula is C25H19FN4O3. The van der Waals surface area contributed by atoms with Crippen LogP contribution >= 0.6 is 0 Å². The van der Waals surface area contributed by atoms with Gasteiger partial charge in [-0.1, -0.05) is 47.6 Å². The Kier molecular flexibility index (Phi) is 4.79. The highest BCUT2D eigenvalue weighted by Gasteiger charge is 2.38. The Balaban J connectivity index is 1.67. The molecular weight excluding hydrogens is 423 g/mol. The average molecular weight is 442 g/mol. The number of hydrogen-bond donors (Lipinski definition) is 2. The van der Waals surface area contributed by atoms with E-state index in [1.807, 2.05) is 4.57 Å². The van der Waals surface area contributed by atoms with Crippen molar-refractivity contribution in [2.45, 2.75) is 12.5 Å². The van der Waals surface area contributed by atoms with Gasteiger partial charge < -0.3 is 19.9 Å². The van der Waals surface area contributed by atoms with Crippen molar-refractivity contribution in [1.29, 1.82) is 0 Å². The topological polar surface area (TPSA) is 107 Å². The number of hydrogen-bond acceptors (Lipinski definition) is 5. The summed E-state index contributed by atoms with van der Waals surface area (Å²) in [5.74, 6) is -0.494. The molecule has 1 atom stereocenters. The van der Waals surface area contributed by atoms with Crippen molar-refractivity contribution in [1.82, 2.24) is 14.7 Å². The number of halogens is 1. The van der Waals surface area contributed by atoms with E-state index in [1.165, 1.54) is 12.1 Å². The fourth-order valence-corrected chi connectivity index (χ4v) is 4.01. The van der Waals surface area contributed by atoms with Gasteiger partial charge in [0.2, 0.25) is 0 Å². The molecule has 3 aromatic carbocycles. The van der Waals surface area contributed by atoms with Crippen LogP contribution in [0.15, 0.2) is 83.4 Å². The highest BCUT2D eigenvalue weighted by atomic mass is 19.1. The predicted molar refractivity (Wildman–Crippen MR) is 120 cm³/mol. The first-order valence-electron chi connectivity index (χ1n) is 10.2. The number of fused-ring (bicyclic) bond motifs is 1. The molecule has 7 nitrogen and oxygen atoms in total. The molecule has 5 rings (SSSR count). The van der Waals surface area contributed by atoms with E-state index >= 15 is 0 Å². The summed E-state index contributed by atoms with van der Waals surface area (Å²) in [7, 11) is 0. The summed E-state index contributed by atoms with van der Waals surface area (Å²) in [6, 6.07) is 21.5. The van der Waals surface area contributed by atoms with E-state index in [2.05, 4.69) is 10.1 Å². The van der Waals surface area contributed by atoms with E-state index in [0.717, 1.165) is 5.52 Å². The van der Waals surface area contributed by atoms with Crippen LogP contribution in [0, 0.1) is 12.7 Å². The third-order valence-corrected chi connectivity index (χ3v) is 5.60. The zero-order valence-corrected chi connectivity index (χ0v) is 17.6. The van der Waals surface area contributed by atoms with Crippen LogP contribution in [0.2, 0.25) is 0 Å². The highest BCUT2D eigenvalue weighted by molar-refractivity contribution is 5.89. The summed E-state index contributed by atoms with van der Waals surface area (Å²) in [5, 5.41) is 15.7. The summed E-state index contributed by atoms with van der Waals surface area (Å²) in [4.78, 5) is 16.6. The molecule has 3 N–H and O–H groups in total.